The molecule has 1 aromatic heterocycles. The summed E-state index contributed by atoms with van der Waals surface area (Å²) in [5.74, 6) is 0.520. The van der Waals surface area contributed by atoms with Crippen molar-refractivity contribution in [3.63, 3.8) is 0 Å². The maximum Gasteiger partial charge on any atom is 0.254 e. The van der Waals surface area contributed by atoms with Crippen LogP contribution in [0.5, 0.6) is 5.88 Å². The quantitative estimate of drug-likeness (QED) is 0.788. The van der Waals surface area contributed by atoms with Gasteiger partial charge in [-0.25, -0.2) is 4.98 Å². The third-order valence-electron chi connectivity index (χ3n) is 2.42. The molecule has 1 saturated heterocycles. The van der Waals surface area contributed by atoms with Gasteiger partial charge in [0, 0.05) is 39.4 Å². The second kappa shape index (κ2) is 4.49. The van der Waals surface area contributed by atoms with Gasteiger partial charge in [-0.05, 0) is 6.07 Å². The van der Waals surface area contributed by atoms with Crippen molar-refractivity contribution in [2.45, 2.75) is 6.10 Å². The van der Waals surface area contributed by atoms with Gasteiger partial charge in [0.2, 0.25) is 5.88 Å². The van der Waals surface area contributed by atoms with E-state index in [1.54, 1.807) is 32.4 Å². The van der Waals surface area contributed by atoms with Gasteiger partial charge < -0.3 is 15.0 Å². The van der Waals surface area contributed by atoms with Gasteiger partial charge in [-0.2, -0.15) is 0 Å². The first-order valence-corrected chi connectivity index (χ1v) is 5.22. The van der Waals surface area contributed by atoms with Crippen LogP contribution in [0.1, 0.15) is 10.4 Å². The molecule has 5 heteroatoms. The van der Waals surface area contributed by atoms with E-state index in [1.165, 1.54) is 4.90 Å². The summed E-state index contributed by atoms with van der Waals surface area (Å²) in [5.41, 5.74) is 0.573. The molecule has 1 aromatic rings. The molecule has 1 amide bonds. The normalized spacial score (nSPS) is 15.4. The monoisotopic (exact) mass is 221 g/mol. The number of carbonyl (C=O) groups is 1. The Bertz CT molecular complexity index is 371. The lowest BCUT2D eigenvalue weighted by Crippen LogP contribution is -2.50. The van der Waals surface area contributed by atoms with Gasteiger partial charge in [0.1, 0.15) is 6.10 Å². The van der Waals surface area contributed by atoms with E-state index in [9.17, 15) is 4.79 Å². The van der Waals surface area contributed by atoms with E-state index in [0.29, 0.717) is 11.4 Å². The summed E-state index contributed by atoms with van der Waals surface area (Å²) < 4.78 is 5.55. The maximum absolute atomic E-state index is 11.6. The fourth-order valence-electron chi connectivity index (χ4n) is 1.35. The summed E-state index contributed by atoms with van der Waals surface area (Å²) in [4.78, 5) is 17.2. The number of amides is 1. The Kier molecular flexibility index (Phi) is 3.05. The van der Waals surface area contributed by atoms with Crippen molar-refractivity contribution in [3.05, 3.63) is 23.9 Å². The molecule has 1 aliphatic heterocycles. The van der Waals surface area contributed by atoms with E-state index >= 15 is 0 Å². The van der Waals surface area contributed by atoms with Crippen LogP contribution in [-0.4, -0.2) is 49.1 Å². The second-order valence-corrected chi connectivity index (χ2v) is 3.98. The first-order chi connectivity index (χ1) is 7.66. The molecular formula is C11H15N3O2. The van der Waals surface area contributed by atoms with Gasteiger partial charge in [0.05, 0.1) is 5.56 Å². The summed E-state index contributed by atoms with van der Waals surface area (Å²) in [5, 5.41) is 3.11. The molecule has 86 valence electrons. The Hall–Kier alpha value is -1.62. The van der Waals surface area contributed by atoms with Crippen LogP contribution in [0.25, 0.3) is 0 Å². The summed E-state index contributed by atoms with van der Waals surface area (Å²) in [6, 6.07) is 3.46. The third kappa shape index (κ3) is 2.30. The van der Waals surface area contributed by atoms with Crippen LogP contribution < -0.4 is 10.1 Å². The molecule has 0 atom stereocenters. The predicted octanol–water partition coefficient (Wildman–Crippen LogP) is 0.134. The van der Waals surface area contributed by atoms with Crippen molar-refractivity contribution in [1.29, 1.82) is 0 Å². The predicted molar refractivity (Wildman–Crippen MR) is 59.5 cm³/mol. The zero-order chi connectivity index (χ0) is 11.5. The van der Waals surface area contributed by atoms with Gasteiger partial charge in [0.25, 0.3) is 5.91 Å². The number of ether oxygens (including phenoxy) is 1. The fraction of sp³-hybridized carbons (Fsp3) is 0.455. The number of aromatic nitrogens is 1. The summed E-state index contributed by atoms with van der Waals surface area (Å²) in [6.07, 6.45) is 1.76. The third-order valence-corrected chi connectivity index (χ3v) is 2.42. The Morgan fingerprint density at radius 2 is 2.25 bits per heavy atom. The van der Waals surface area contributed by atoms with Crippen LogP contribution in [-0.2, 0) is 0 Å². The van der Waals surface area contributed by atoms with Crippen molar-refractivity contribution in [3.8, 4) is 5.88 Å². The Morgan fingerprint density at radius 1 is 1.50 bits per heavy atom. The number of pyridine rings is 1. The van der Waals surface area contributed by atoms with E-state index < -0.39 is 0 Å². The summed E-state index contributed by atoms with van der Waals surface area (Å²) in [6.45, 7) is 1.72. The van der Waals surface area contributed by atoms with E-state index in [4.69, 9.17) is 4.74 Å². The Labute approximate surface area is 94.4 Å². The van der Waals surface area contributed by atoms with E-state index in [2.05, 4.69) is 10.3 Å². The second-order valence-electron chi connectivity index (χ2n) is 3.98. The largest absolute Gasteiger partial charge is 0.472 e. The molecule has 1 N–H and O–H groups in total. The van der Waals surface area contributed by atoms with Gasteiger partial charge in [-0.15, -0.1) is 0 Å². The number of hydrogen-bond acceptors (Lipinski definition) is 4. The average molecular weight is 221 g/mol. The molecule has 16 heavy (non-hydrogen) atoms. The lowest BCUT2D eigenvalue weighted by atomic mass is 10.2. The van der Waals surface area contributed by atoms with Gasteiger partial charge in [-0.1, -0.05) is 0 Å². The number of carbonyl (C=O) groups excluding carboxylic acids is 1. The van der Waals surface area contributed by atoms with Crippen LogP contribution in [0.3, 0.4) is 0 Å². The lowest BCUT2D eigenvalue weighted by molar-refractivity contribution is 0.0827. The lowest BCUT2D eigenvalue weighted by Gasteiger charge is -2.27. The first-order valence-electron chi connectivity index (χ1n) is 5.22. The molecule has 1 aliphatic rings. The van der Waals surface area contributed by atoms with E-state index in [1.807, 2.05) is 0 Å². The van der Waals surface area contributed by atoms with Gasteiger partial charge in [0.15, 0.2) is 0 Å². The summed E-state index contributed by atoms with van der Waals surface area (Å²) >= 11 is 0. The number of rotatable bonds is 3. The fourth-order valence-corrected chi connectivity index (χ4v) is 1.35. The number of nitrogens with zero attached hydrogens (tertiary/aromatic N) is 2. The molecule has 0 radical (unpaired) electrons. The summed E-state index contributed by atoms with van der Waals surface area (Å²) in [7, 11) is 3.43. The van der Waals surface area contributed by atoms with Gasteiger partial charge in [-0.3, -0.25) is 4.79 Å². The highest BCUT2D eigenvalue weighted by Crippen LogP contribution is 2.12. The SMILES string of the molecule is CN(C)C(=O)c1ccc(OC2CNC2)nc1. The molecule has 0 saturated carbocycles. The molecule has 2 heterocycles. The minimum absolute atomic E-state index is 0.0515. The number of hydrogen-bond donors (Lipinski definition) is 1. The molecular weight excluding hydrogens is 206 g/mol. The maximum atomic E-state index is 11.6. The molecule has 0 spiro atoms. The van der Waals surface area contributed by atoms with Crippen LogP contribution >= 0.6 is 0 Å². The number of nitrogens with one attached hydrogen (secondary N) is 1. The molecule has 1 fully saturated rings. The first kappa shape index (κ1) is 10.9. The van der Waals surface area contributed by atoms with E-state index in [-0.39, 0.29) is 12.0 Å². The van der Waals surface area contributed by atoms with Crippen LogP contribution in [0.4, 0.5) is 0 Å². The standard InChI is InChI=1S/C11H15N3O2/c1-14(2)11(15)8-3-4-10(13-5-8)16-9-6-12-7-9/h3-5,9,12H,6-7H2,1-2H3. The molecule has 0 unspecified atom stereocenters. The zero-order valence-corrected chi connectivity index (χ0v) is 9.43. The molecule has 0 bridgehead atoms. The highest BCUT2D eigenvalue weighted by atomic mass is 16.5. The molecule has 5 nitrogen and oxygen atoms in total. The smallest absolute Gasteiger partial charge is 0.254 e. The van der Waals surface area contributed by atoms with Crippen LogP contribution in [0.2, 0.25) is 0 Å². The molecule has 0 aliphatic carbocycles. The van der Waals surface area contributed by atoms with Crippen molar-refractivity contribution >= 4 is 5.91 Å². The highest BCUT2D eigenvalue weighted by Gasteiger charge is 2.18. The van der Waals surface area contributed by atoms with Crippen molar-refractivity contribution in [2.24, 2.45) is 0 Å². The van der Waals surface area contributed by atoms with Crippen LogP contribution in [0.15, 0.2) is 18.3 Å². The average Bonchev–Trinajstić information content (AvgIpc) is 2.23. The molecule has 2 rings (SSSR count). The van der Waals surface area contributed by atoms with Crippen LogP contribution in [0, 0.1) is 0 Å². The minimum atomic E-state index is -0.0515. The Morgan fingerprint density at radius 3 is 2.69 bits per heavy atom. The van der Waals surface area contributed by atoms with E-state index in [0.717, 1.165) is 13.1 Å². The van der Waals surface area contributed by atoms with Crippen molar-refractivity contribution in [1.82, 2.24) is 15.2 Å². The minimum Gasteiger partial charge on any atom is -0.472 e. The highest BCUT2D eigenvalue weighted by molar-refractivity contribution is 5.93. The van der Waals surface area contributed by atoms with Crippen molar-refractivity contribution < 1.29 is 9.53 Å². The zero-order valence-electron chi connectivity index (χ0n) is 9.43. The Balaban J connectivity index is 2.00. The molecule has 0 aromatic carbocycles. The van der Waals surface area contributed by atoms with Gasteiger partial charge >= 0.3 is 0 Å². The topological polar surface area (TPSA) is 54.5 Å². The van der Waals surface area contributed by atoms with Crippen molar-refractivity contribution in [2.75, 3.05) is 27.2 Å².